The maximum absolute atomic E-state index is 12.3. The van der Waals surface area contributed by atoms with Crippen molar-refractivity contribution in [2.24, 2.45) is 17.3 Å². The molecule has 0 unspecified atom stereocenters. The minimum Gasteiger partial charge on any atom is -0.481 e. The van der Waals surface area contributed by atoms with Crippen LogP contribution in [0.3, 0.4) is 0 Å². The van der Waals surface area contributed by atoms with Gasteiger partial charge in [-0.15, -0.1) is 11.3 Å². The topological polar surface area (TPSA) is 79.3 Å². The van der Waals surface area contributed by atoms with Gasteiger partial charge < -0.3 is 10.4 Å². The van der Waals surface area contributed by atoms with Gasteiger partial charge in [-0.3, -0.25) is 9.59 Å². The maximum Gasteiger partial charge on any atom is 0.307 e. The summed E-state index contributed by atoms with van der Waals surface area (Å²) in [5.41, 5.74) is 1.11. The van der Waals surface area contributed by atoms with Crippen LogP contribution in [0.15, 0.2) is 18.2 Å². The van der Waals surface area contributed by atoms with Gasteiger partial charge in [-0.25, -0.2) is 4.98 Å². The number of benzene rings is 1. The summed E-state index contributed by atoms with van der Waals surface area (Å²) in [6, 6.07) is 5.54. The van der Waals surface area contributed by atoms with E-state index in [1.807, 2.05) is 32.9 Å². The van der Waals surface area contributed by atoms with Crippen molar-refractivity contribution in [2.45, 2.75) is 20.8 Å². The first-order valence-electron chi connectivity index (χ1n) is 6.71. The number of aliphatic carboxylic acids is 1. The van der Waals surface area contributed by atoms with Crippen LogP contribution in [0.1, 0.15) is 18.9 Å². The number of thiazole rings is 1. The van der Waals surface area contributed by atoms with Crippen molar-refractivity contribution < 1.29 is 14.7 Å². The summed E-state index contributed by atoms with van der Waals surface area (Å²) in [6.45, 7) is 5.56. The summed E-state index contributed by atoms with van der Waals surface area (Å²) in [5, 5.41) is 12.9. The zero-order valence-corrected chi connectivity index (χ0v) is 12.8. The van der Waals surface area contributed by atoms with Gasteiger partial charge in [0, 0.05) is 5.69 Å². The van der Waals surface area contributed by atoms with Gasteiger partial charge in [-0.05, 0) is 30.5 Å². The molecule has 1 saturated carbocycles. The largest absolute Gasteiger partial charge is 0.481 e. The molecule has 1 aliphatic rings. The fraction of sp³-hybridized carbons (Fsp3) is 0.400. The van der Waals surface area contributed by atoms with E-state index in [-0.39, 0.29) is 5.91 Å². The lowest BCUT2D eigenvalue weighted by Gasteiger charge is -2.06. The molecule has 1 amide bonds. The number of anilines is 1. The summed E-state index contributed by atoms with van der Waals surface area (Å²) in [5.74, 6) is -2.22. The van der Waals surface area contributed by atoms with Gasteiger partial charge in [-0.2, -0.15) is 0 Å². The van der Waals surface area contributed by atoms with Gasteiger partial charge in [0.05, 0.1) is 27.1 Å². The van der Waals surface area contributed by atoms with Crippen molar-refractivity contribution in [3.63, 3.8) is 0 Å². The smallest absolute Gasteiger partial charge is 0.307 e. The number of hydrogen-bond donors (Lipinski definition) is 2. The minimum atomic E-state index is -0.909. The normalized spacial score (nSPS) is 23.0. The van der Waals surface area contributed by atoms with Gasteiger partial charge >= 0.3 is 5.97 Å². The Morgan fingerprint density at radius 2 is 2.05 bits per heavy atom. The van der Waals surface area contributed by atoms with E-state index >= 15 is 0 Å². The van der Waals surface area contributed by atoms with E-state index in [9.17, 15) is 9.59 Å². The van der Waals surface area contributed by atoms with Crippen LogP contribution in [-0.2, 0) is 9.59 Å². The summed E-state index contributed by atoms with van der Waals surface area (Å²) in [6.07, 6.45) is 0. The van der Waals surface area contributed by atoms with Crippen LogP contribution in [0.25, 0.3) is 10.2 Å². The number of amides is 1. The van der Waals surface area contributed by atoms with Gasteiger partial charge in [0.25, 0.3) is 0 Å². The molecule has 3 rings (SSSR count). The fourth-order valence-electron chi connectivity index (χ4n) is 2.93. The Hall–Kier alpha value is -1.95. The lowest BCUT2D eigenvalue weighted by Crippen LogP contribution is -2.17. The highest BCUT2D eigenvalue weighted by molar-refractivity contribution is 7.18. The number of nitrogens with one attached hydrogen (secondary N) is 1. The quantitative estimate of drug-likeness (QED) is 0.913. The molecule has 1 aliphatic carbocycles. The van der Waals surface area contributed by atoms with Crippen molar-refractivity contribution >= 4 is 39.1 Å². The van der Waals surface area contributed by atoms with E-state index in [1.165, 1.54) is 0 Å². The number of aryl methyl sites for hydroxylation is 1. The second-order valence-corrected chi connectivity index (χ2v) is 7.25. The van der Waals surface area contributed by atoms with Crippen LogP contribution in [0, 0.1) is 24.2 Å². The number of carbonyl (C=O) groups excluding carboxylic acids is 1. The van der Waals surface area contributed by atoms with Gasteiger partial charge in [0.2, 0.25) is 5.91 Å². The predicted molar refractivity (Wildman–Crippen MR) is 81.4 cm³/mol. The van der Waals surface area contributed by atoms with Crippen LogP contribution in [0.4, 0.5) is 5.69 Å². The van der Waals surface area contributed by atoms with Crippen molar-refractivity contribution in [1.82, 2.24) is 4.98 Å². The van der Waals surface area contributed by atoms with Crippen LogP contribution in [0.5, 0.6) is 0 Å². The summed E-state index contributed by atoms with van der Waals surface area (Å²) >= 11 is 1.57. The second kappa shape index (κ2) is 4.53. The molecule has 1 aromatic heterocycles. The first kappa shape index (κ1) is 14.0. The SMILES string of the molecule is Cc1nc2ccc(NC(=O)[C@H]3[C@@H](C(=O)O)C3(C)C)cc2s1. The summed E-state index contributed by atoms with van der Waals surface area (Å²) in [4.78, 5) is 27.8. The van der Waals surface area contributed by atoms with Crippen molar-refractivity contribution in [2.75, 3.05) is 5.32 Å². The third kappa shape index (κ3) is 2.29. The number of carboxylic acids is 1. The van der Waals surface area contributed by atoms with Gasteiger partial charge in [0.1, 0.15) is 0 Å². The van der Waals surface area contributed by atoms with E-state index < -0.39 is 23.2 Å². The van der Waals surface area contributed by atoms with Crippen LogP contribution < -0.4 is 5.32 Å². The molecule has 6 heteroatoms. The lowest BCUT2D eigenvalue weighted by atomic mass is 10.1. The van der Waals surface area contributed by atoms with E-state index in [0.29, 0.717) is 5.69 Å². The molecule has 21 heavy (non-hydrogen) atoms. The maximum atomic E-state index is 12.3. The molecule has 1 fully saturated rings. The summed E-state index contributed by atoms with van der Waals surface area (Å²) in [7, 11) is 0. The highest BCUT2D eigenvalue weighted by atomic mass is 32.1. The number of rotatable bonds is 3. The average Bonchev–Trinajstić information content (AvgIpc) is 2.77. The number of nitrogens with zero attached hydrogens (tertiary/aromatic N) is 1. The lowest BCUT2D eigenvalue weighted by molar-refractivity contribution is -0.140. The average molecular weight is 304 g/mol. The first-order valence-corrected chi connectivity index (χ1v) is 7.53. The summed E-state index contributed by atoms with van der Waals surface area (Å²) < 4.78 is 1.01. The highest BCUT2D eigenvalue weighted by Gasteiger charge is 2.65. The third-order valence-corrected chi connectivity index (χ3v) is 5.07. The Labute approximate surface area is 126 Å². The van der Waals surface area contributed by atoms with E-state index in [4.69, 9.17) is 5.11 Å². The second-order valence-electron chi connectivity index (χ2n) is 6.02. The molecular formula is C15H16N2O3S. The molecule has 0 spiro atoms. The number of fused-ring (bicyclic) bond motifs is 1. The molecule has 110 valence electrons. The van der Waals surface area contributed by atoms with E-state index in [0.717, 1.165) is 15.2 Å². The zero-order chi connectivity index (χ0) is 15.4. The Bertz CT molecular complexity index is 750. The molecule has 0 radical (unpaired) electrons. The minimum absolute atomic E-state index is 0.229. The monoisotopic (exact) mass is 304 g/mol. The fourth-order valence-corrected chi connectivity index (χ4v) is 3.79. The Kier molecular flexibility index (Phi) is 3.02. The molecule has 2 atom stereocenters. The number of carboxylic acid groups (broad SMARTS) is 1. The molecule has 5 nitrogen and oxygen atoms in total. The van der Waals surface area contributed by atoms with Crippen molar-refractivity contribution in [1.29, 1.82) is 0 Å². The van der Waals surface area contributed by atoms with E-state index in [2.05, 4.69) is 10.3 Å². The zero-order valence-electron chi connectivity index (χ0n) is 12.0. The van der Waals surface area contributed by atoms with Crippen LogP contribution >= 0.6 is 11.3 Å². The van der Waals surface area contributed by atoms with Crippen LogP contribution in [-0.4, -0.2) is 22.0 Å². The Morgan fingerprint density at radius 3 is 2.67 bits per heavy atom. The van der Waals surface area contributed by atoms with Crippen LogP contribution in [0.2, 0.25) is 0 Å². The third-order valence-electron chi connectivity index (χ3n) is 4.14. The molecule has 0 aliphatic heterocycles. The predicted octanol–water partition coefficient (Wildman–Crippen LogP) is 2.90. The number of carbonyl (C=O) groups is 2. The molecule has 2 aromatic rings. The molecule has 2 N–H and O–H groups in total. The standard InChI is InChI=1S/C15H16N2O3S/c1-7-16-9-5-4-8(6-10(9)21-7)17-13(18)11-12(14(19)20)15(11,2)3/h4-6,11-12H,1-3H3,(H,17,18)(H,19,20)/t11-,12+/m1/s1. The van der Waals surface area contributed by atoms with Gasteiger partial charge in [-0.1, -0.05) is 13.8 Å². The van der Waals surface area contributed by atoms with Crippen molar-refractivity contribution in [3.05, 3.63) is 23.2 Å². The molecule has 0 saturated heterocycles. The van der Waals surface area contributed by atoms with Gasteiger partial charge in [0.15, 0.2) is 0 Å². The molecular weight excluding hydrogens is 288 g/mol. The molecule has 1 heterocycles. The van der Waals surface area contributed by atoms with E-state index in [1.54, 1.807) is 17.4 Å². The molecule has 1 aromatic carbocycles. The van der Waals surface area contributed by atoms with Crippen molar-refractivity contribution in [3.8, 4) is 0 Å². The Balaban J connectivity index is 1.79. The first-order chi connectivity index (χ1) is 9.80. The highest BCUT2D eigenvalue weighted by Crippen LogP contribution is 2.58. The Morgan fingerprint density at radius 1 is 1.33 bits per heavy atom. The number of hydrogen-bond acceptors (Lipinski definition) is 4. The molecule has 0 bridgehead atoms. The number of aromatic nitrogens is 1.